The summed E-state index contributed by atoms with van der Waals surface area (Å²) in [5.74, 6) is 1.90. The number of hydrogen-bond acceptors (Lipinski definition) is 3. The SMILES string of the molecule is COc1ccc(NC(C)c2nccn2C)c(C)c1. The Hall–Kier alpha value is -1.97. The Morgan fingerprint density at radius 3 is 2.72 bits per heavy atom. The van der Waals surface area contributed by atoms with Crippen LogP contribution in [0.1, 0.15) is 24.4 Å². The summed E-state index contributed by atoms with van der Waals surface area (Å²) in [5, 5.41) is 3.47. The number of anilines is 1. The third-order valence-electron chi connectivity index (χ3n) is 3.05. The van der Waals surface area contributed by atoms with Crippen molar-refractivity contribution in [2.24, 2.45) is 7.05 Å². The van der Waals surface area contributed by atoms with Crippen LogP contribution in [0, 0.1) is 6.92 Å². The molecule has 1 N–H and O–H groups in total. The lowest BCUT2D eigenvalue weighted by atomic mass is 10.1. The molecule has 0 fully saturated rings. The van der Waals surface area contributed by atoms with E-state index in [2.05, 4.69) is 24.1 Å². The van der Waals surface area contributed by atoms with Gasteiger partial charge in [0.15, 0.2) is 0 Å². The van der Waals surface area contributed by atoms with Gasteiger partial charge in [-0.3, -0.25) is 0 Å². The first-order valence-corrected chi connectivity index (χ1v) is 6.00. The first-order chi connectivity index (χ1) is 8.61. The molecule has 1 atom stereocenters. The average Bonchev–Trinajstić information content (AvgIpc) is 2.78. The van der Waals surface area contributed by atoms with Gasteiger partial charge in [-0.25, -0.2) is 4.98 Å². The third-order valence-corrected chi connectivity index (χ3v) is 3.05. The molecule has 0 bridgehead atoms. The van der Waals surface area contributed by atoms with Gasteiger partial charge in [-0.05, 0) is 37.6 Å². The van der Waals surface area contributed by atoms with Crippen LogP contribution in [0.2, 0.25) is 0 Å². The predicted molar refractivity (Wildman–Crippen MR) is 73.0 cm³/mol. The maximum atomic E-state index is 5.20. The first kappa shape index (κ1) is 12.5. The number of nitrogens with one attached hydrogen (secondary N) is 1. The Kier molecular flexibility index (Phi) is 3.55. The smallest absolute Gasteiger partial charge is 0.130 e. The van der Waals surface area contributed by atoms with Crippen LogP contribution < -0.4 is 10.1 Å². The zero-order chi connectivity index (χ0) is 13.1. The van der Waals surface area contributed by atoms with Gasteiger partial charge in [-0.2, -0.15) is 0 Å². The topological polar surface area (TPSA) is 39.1 Å². The van der Waals surface area contributed by atoms with Crippen molar-refractivity contribution in [1.82, 2.24) is 9.55 Å². The van der Waals surface area contributed by atoms with Gasteiger partial charge in [0.05, 0.1) is 13.2 Å². The standard InChI is InChI=1S/C14H19N3O/c1-10-9-12(18-4)5-6-13(10)16-11(2)14-15-7-8-17(14)3/h5-9,11,16H,1-4H3. The minimum Gasteiger partial charge on any atom is -0.497 e. The van der Waals surface area contributed by atoms with Crippen LogP contribution in [-0.2, 0) is 7.05 Å². The summed E-state index contributed by atoms with van der Waals surface area (Å²) in [6.07, 6.45) is 3.77. The van der Waals surface area contributed by atoms with Gasteiger partial charge in [-0.15, -0.1) is 0 Å². The monoisotopic (exact) mass is 245 g/mol. The maximum Gasteiger partial charge on any atom is 0.130 e. The van der Waals surface area contributed by atoms with Crippen LogP contribution in [0.15, 0.2) is 30.6 Å². The van der Waals surface area contributed by atoms with Gasteiger partial charge >= 0.3 is 0 Å². The van der Waals surface area contributed by atoms with E-state index < -0.39 is 0 Å². The van der Waals surface area contributed by atoms with Crippen LogP contribution >= 0.6 is 0 Å². The highest BCUT2D eigenvalue weighted by Crippen LogP contribution is 2.24. The molecule has 96 valence electrons. The van der Waals surface area contributed by atoms with E-state index in [-0.39, 0.29) is 6.04 Å². The van der Waals surface area contributed by atoms with Crippen LogP contribution in [0.4, 0.5) is 5.69 Å². The Morgan fingerprint density at radius 2 is 2.17 bits per heavy atom. The second-order valence-electron chi connectivity index (χ2n) is 4.44. The summed E-state index contributed by atoms with van der Waals surface area (Å²) in [6, 6.07) is 6.18. The van der Waals surface area contributed by atoms with Crippen LogP contribution in [0.5, 0.6) is 5.75 Å². The van der Waals surface area contributed by atoms with E-state index in [0.717, 1.165) is 22.8 Å². The number of ether oxygens (including phenoxy) is 1. The highest BCUT2D eigenvalue weighted by Gasteiger charge is 2.11. The van der Waals surface area contributed by atoms with Crippen molar-refractivity contribution in [1.29, 1.82) is 0 Å². The Morgan fingerprint density at radius 1 is 1.39 bits per heavy atom. The van der Waals surface area contributed by atoms with Crippen molar-refractivity contribution in [3.05, 3.63) is 42.0 Å². The summed E-state index contributed by atoms with van der Waals surface area (Å²) in [5.41, 5.74) is 2.27. The Bertz CT molecular complexity index is 534. The number of rotatable bonds is 4. The molecule has 0 saturated heterocycles. The van der Waals surface area contributed by atoms with Gasteiger partial charge in [0.2, 0.25) is 0 Å². The minimum atomic E-state index is 0.164. The quantitative estimate of drug-likeness (QED) is 0.900. The van der Waals surface area contributed by atoms with E-state index in [4.69, 9.17) is 4.74 Å². The van der Waals surface area contributed by atoms with Crippen molar-refractivity contribution < 1.29 is 4.74 Å². The number of aryl methyl sites for hydroxylation is 2. The molecule has 2 aromatic rings. The lowest BCUT2D eigenvalue weighted by Crippen LogP contribution is -2.12. The number of benzene rings is 1. The van der Waals surface area contributed by atoms with Crippen LogP contribution in [-0.4, -0.2) is 16.7 Å². The molecular weight excluding hydrogens is 226 g/mol. The highest BCUT2D eigenvalue weighted by molar-refractivity contribution is 5.54. The average molecular weight is 245 g/mol. The van der Waals surface area contributed by atoms with Gasteiger partial charge in [-0.1, -0.05) is 0 Å². The summed E-state index contributed by atoms with van der Waals surface area (Å²) >= 11 is 0. The molecular formula is C14H19N3O. The van der Waals surface area contributed by atoms with Crippen molar-refractivity contribution in [3.63, 3.8) is 0 Å². The number of aromatic nitrogens is 2. The van der Waals surface area contributed by atoms with E-state index in [1.807, 2.05) is 42.2 Å². The molecule has 0 aliphatic heterocycles. The fourth-order valence-electron chi connectivity index (χ4n) is 2.02. The first-order valence-electron chi connectivity index (χ1n) is 6.00. The molecule has 0 aliphatic rings. The molecule has 0 radical (unpaired) electrons. The predicted octanol–water partition coefficient (Wildman–Crippen LogP) is 2.91. The molecule has 1 aromatic heterocycles. The number of hydrogen-bond donors (Lipinski definition) is 1. The molecule has 1 unspecified atom stereocenters. The zero-order valence-corrected chi connectivity index (χ0v) is 11.3. The molecule has 18 heavy (non-hydrogen) atoms. The Balaban J connectivity index is 2.17. The number of imidazole rings is 1. The molecule has 4 nitrogen and oxygen atoms in total. The van der Waals surface area contributed by atoms with E-state index in [9.17, 15) is 0 Å². The lowest BCUT2D eigenvalue weighted by Gasteiger charge is -2.17. The minimum absolute atomic E-state index is 0.164. The third kappa shape index (κ3) is 2.47. The molecule has 4 heteroatoms. The van der Waals surface area contributed by atoms with E-state index in [0.29, 0.717) is 0 Å². The largest absolute Gasteiger partial charge is 0.497 e. The number of methoxy groups -OCH3 is 1. The van der Waals surface area contributed by atoms with E-state index in [1.165, 1.54) is 0 Å². The van der Waals surface area contributed by atoms with Crippen molar-refractivity contribution >= 4 is 5.69 Å². The van der Waals surface area contributed by atoms with Crippen molar-refractivity contribution in [2.75, 3.05) is 12.4 Å². The van der Waals surface area contributed by atoms with E-state index >= 15 is 0 Å². The molecule has 1 aromatic carbocycles. The van der Waals surface area contributed by atoms with Crippen LogP contribution in [0.25, 0.3) is 0 Å². The molecule has 1 heterocycles. The Labute approximate surface area is 108 Å². The fraction of sp³-hybridized carbons (Fsp3) is 0.357. The fourth-order valence-corrected chi connectivity index (χ4v) is 2.02. The van der Waals surface area contributed by atoms with Gasteiger partial charge in [0.1, 0.15) is 11.6 Å². The van der Waals surface area contributed by atoms with E-state index in [1.54, 1.807) is 7.11 Å². The summed E-state index contributed by atoms with van der Waals surface area (Å²) < 4.78 is 7.23. The van der Waals surface area contributed by atoms with Gasteiger partial charge in [0.25, 0.3) is 0 Å². The number of nitrogens with zero attached hydrogens (tertiary/aromatic N) is 2. The normalized spacial score (nSPS) is 12.2. The molecule has 0 saturated carbocycles. The summed E-state index contributed by atoms with van der Waals surface area (Å²) in [7, 11) is 3.68. The maximum absolute atomic E-state index is 5.20. The van der Waals surface area contributed by atoms with Crippen molar-refractivity contribution in [3.8, 4) is 5.75 Å². The molecule has 0 amide bonds. The summed E-state index contributed by atoms with van der Waals surface area (Å²) in [6.45, 7) is 4.17. The summed E-state index contributed by atoms with van der Waals surface area (Å²) in [4.78, 5) is 4.35. The molecule has 2 rings (SSSR count). The zero-order valence-electron chi connectivity index (χ0n) is 11.3. The lowest BCUT2D eigenvalue weighted by molar-refractivity contribution is 0.414. The molecule has 0 aliphatic carbocycles. The second kappa shape index (κ2) is 5.12. The van der Waals surface area contributed by atoms with Gasteiger partial charge < -0.3 is 14.6 Å². The van der Waals surface area contributed by atoms with Crippen molar-refractivity contribution in [2.45, 2.75) is 19.9 Å². The second-order valence-corrected chi connectivity index (χ2v) is 4.44. The highest BCUT2D eigenvalue weighted by atomic mass is 16.5. The van der Waals surface area contributed by atoms with Gasteiger partial charge in [0, 0.05) is 25.1 Å². The van der Waals surface area contributed by atoms with Crippen LogP contribution in [0.3, 0.4) is 0 Å². The molecule has 0 spiro atoms.